The van der Waals surface area contributed by atoms with Crippen LogP contribution in [0.3, 0.4) is 0 Å². The number of amides is 1. The smallest absolute Gasteiger partial charge is 0.248 e. The quantitative estimate of drug-likeness (QED) is 0.901. The Bertz CT molecular complexity index is 506. The first-order chi connectivity index (χ1) is 9.38. The van der Waals surface area contributed by atoms with Gasteiger partial charge in [0.15, 0.2) is 0 Å². The molecule has 2 rings (SSSR count). The van der Waals surface area contributed by atoms with Gasteiger partial charge < -0.3 is 16.0 Å². The number of anilines is 1. The van der Waals surface area contributed by atoms with Crippen molar-refractivity contribution in [3.63, 3.8) is 0 Å². The fourth-order valence-corrected chi connectivity index (χ4v) is 2.90. The second-order valence-corrected chi connectivity index (χ2v) is 6.22. The number of carbonyl (C=O) groups excluding carboxylic acids is 1. The van der Waals surface area contributed by atoms with Crippen molar-refractivity contribution in [2.75, 3.05) is 18.9 Å². The van der Waals surface area contributed by atoms with Gasteiger partial charge >= 0.3 is 0 Å². The molecule has 0 saturated carbocycles. The summed E-state index contributed by atoms with van der Waals surface area (Å²) in [5.74, 6) is 0.0824. The molecule has 1 fully saturated rings. The number of piperidine rings is 1. The van der Waals surface area contributed by atoms with Crippen molar-refractivity contribution in [3.05, 3.63) is 28.8 Å². The number of hydrogen-bond donors (Lipinski definition) is 2. The van der Waals surface area contributed by atoms with Crippen LogP contribution in [0.25, 0.3) is 0 Å². The number of rotatable bonds is 3. The van der Waals surface area contributed by atoms with Crippen LogP contribution in [0.4, 0.5) is 5.69 Å². The molecule has 5 heteroatoms. The van der Waals surface area contributed by atoms with E-state index >= 15 is 0 Å². The van der Waals surface area contributed by atoms with Crippen molar-refractivity contribution < 1.29 is 4.79 Å². The number of nitrogens with two attached hydrogens (primary N) is 1. The van der Waals surface area contributed by atoms with Gasteiger partial charge in [0.05, 0.1) is 10.7 Å². The maximum Gasteiger partial charge on any atom is 0.248 e. The SMILES string of the molecule is CC1CN(C)C(C)CC1Nc1cc(C(N)=O)ccc1Cl. The minimum atomic E-state index is -0.436. The van der Waals surface area contributed by atoms with E-state index in [-0.39, 0.29) is 0 Å². The molecular formula is C15H22ClN3O. The molecule has 0 aromatic heterocycles. The first kappa shape index (κ1) is 15.1. The summed E-state index contributed by atoms with van der Waals surface area (Å²) in [6, 6.07) is 5.98. The van der Waals surface area contributed by atoms with Crippen LogP contribution >= 0.6 is 11.6 Å². The van der Waals surface area contributed by atoms with Crippen molar-refractivity contribution in [1.82, 2.24) is 4.90 Å². The summed E-state index contributed by atoms with van der Waals surface area (Å²) in [5.41, 5.74) is 6.58. The van der Waals surface area contributed by atoms with Gasteiger partial charge in [0.25, 0.3) is 0 Å². The first-order valence-corrected chi connectivity index (χ1v) is 7.32. The predicted molar refractivity (Wildman–Crippen MR) is 83.3 cm³/mol. The molecule has 1 aliphatic heterocycles. The molecule has 4 nitrogen and oxygen atoms in total. The summed E-state index contributed by atoms with van der Waals surface area (Å²) in [4.78, 5) is 13.6. The summed E-state index contributed by atoms with van der Waals surface area (Å²) in [5, 5.41) is 4.10. The van der Waals surface area contributed by atoms with Crippen LogP contribution < -0.4 is 11.1 Å². The van der Waals surface area contributed by atoms with Gasteiger partial charge in [0.1, 0.15) is 0 Å². The highest BCUT2D eigenvalue weighted by Gasteiger charge is 2.29. The molecule has 1 aromatic carbocycles. The summed E-state index contributed by atoms with van der Waals surface area (Å²) >= 11 is 6.21. The van der Waals surface area contributed by atoms with Gasteiger partial charge in [0.2, 0.25) is 5.91 Å². The van der Waals surface area contributed by atoms with E-state index in [9.17, 15) is 4.79 Å². The van der Waals surface area contributed by atoms with Crippen LogP contribution in [0.1, 0.15) is 30.6 Å². The van der Waals surface area contributed by atoms with E-state index < -0.39 is 5.91 Å². The molecule has 0 radical (unpaired) electrons. The van der Waals surface area contributed by atoms with Gasteiger partial charge in [-0.3, -0.25) is 4.79 Å². The van der Waals surface area contributed by atoms with Gasteiger partial charge in [-0.25, -0.2) is 0 Å². The second-order valence-electron chi connectivity index (χ2n) is 5.81. The van der Waals surface area contributed by atoms with Gasteiger partial charge in [-0.2, -0.15) is 0 Å². The topological polar surface area (TPSA) is 58.4 Å². The van der Waals surface area contributed by atoms with E-state index in [0.29, 0.717) is 28.6 Å². The number of benzene rings is 1. The number of carbonyl (C=O) groups is 1. The Labute approximate surface area is 125 Å². The molecule has 1 heterocycles. The molecule has 0 aliphatic carbocycles. The lowest BCUT2D eigenvalue weighted by Crippen LogP contribution is -2.48. The summed E-state index contributed by atoms with van der Waals surface area (Å²) in [6.45, 7) is 5.50. The van der Waals surface area contributed by atoms with Crippen molar-refractivity contribution in [2.24, 2.45) is 11.7 Å². The lowest BCUT2D eigenvalue weighted by atomic mass is 9.89. The Kier molecular flexibility index (Phi) is 4.55. The van der Waals surface area contributed by atoms with E-state index in [4.69, 9.17) is 17.3 Å². The fraction of sp³-hybridized carbons (Fsp3) is 0.533. The molecule has 1 aromatic rings. The monoisotopic (exact) mass is 295 g/mol. The molecule has 3 atom stereocenters. The van der Waals surface area contributed by atoms with Gasteiger partial charge in [-0.15, -0.1) is 0 Å². The zero-order chi connectivity index (χ0) is 14.9. The molecule has 110 valence electrons. The number of nitrogens with zero attached hydrogens (tertiary/aromatic N) is 1. The van der Waals surface area contributed by atoms with Crippen LogP contribution in [0.5, 0.6) is 0 Å². The third-order valence-electron chi connectivity index (χ3n) is 4.20. The largest absolute Gasteiger partial charge is 0.381 e. The van der Waals surface area contributed by atoms with Crippen molar-refractivity contribution >= 4 is 23.2 Å². The van der Waals surface area contributed by atoms with E-state index in [2.05, 4.69) is 31.1 Å². The maximum atomic E-state index is 11.3. The normalized spacial score (nSPS) is 27.3. The Balaban J connectivity index is 2.17. The van der Waals surface area contributed by atoms with E-state index in [0.717, 1.165) is 18.7 Å². The van der Waals surface area contributed by atoms with Crippen LogP contribution in [-0.4, -0.2) is 36.5 Å². The molecule has 0 bridgehead atoms. The standard InChI is InChI=1S/C15H22ClN3O/c1-9-8-19(3)10(2)6-13(9)18-14-7-11(15(17)20)4-5-12(14)16/h4-5,7,9-10,13,18H,6,8H2,1-3H3,(H2,17,20). The molecule has 3 N–H and O–H groups in total. The highest BCUT2D eigenvalue weighted by Crippen LogP contribution is 2.29. The fourth-order valence-electron chi connectivity index (χ4n) is 2.73. The lowest BCUT2D eigenvalue weighted by Gasteiger charge is -2.40. The number of primary amides is 1. The molecule has 1 saturated heterocycles. The molecule has 1 aliphatic rings. The zero-order valence-electron chi connectivity index (χ0n) is 12.2. The van der Waals surface area contributed by atoms with E-state index in [1.807, 2.05) is 0 Å². The van der Waals surface area contributed by atoms with Gasteiger partial charge in [-0.05, 0) is 44.5 Å². The highest BCUT2D eigenvalue weighted by molar-refractivity contribution is 6.33. The summed E-state index contributed by atoms with van der Waals surface area (Å²) in [7, 11) is 2.15. The van der Waals surface area contributed by atoms with Crippen molar-refractivity contribution in [2.45, 2.75) is 32.4 Å². The minimum absolute atomic E-state index is 0.349. The van der Waals surface area contributed by atoms with Crippen LogP contribution in [0.15, 0.2) is 18.2 Å². The Morgan fingerprint density at radius 1 is 1.45 bits per heavy atom. The summed E-state index contributed by atoms with van der Waals surface area (Å²) < 4.78 is 0. The molecule has 20 heavy (non-hydrogen) atoms. The highest BCUT2D eigenvalue weighted by atomic mass is 35.5. The Hall–Kier alpha value is -1.26. The molecule has 1 amide bonds. The second kappa shape index (κ2) is 6.02. The average Bonchev–Trinajstić information content (AvgIpc) is 2.38. The third-order valence-corrected chi connectivity index (χ3v) is 4.53. The maximum absolute atomic E-state index is 11.3. The average molecular weight is 296 g/mol. The third kappa shape index (κ3) is 3.25. The van der Waals surface area contributed by atoms with Gasteiger partial charge in [-0.1, -0.05) is 18.5 Å². The minimum Gasteiger partial charge on any atom is -0.381 e. The molecule has 3 unspecified atom stereocenters. The number of hydrogen-bond acceptors (Lipinski definition) is 3. The number of halogens is 1. The van der Waals surface area contributed by atoms with Crippen LogP contribution in [-0.2, 0) is 0 Å². The molecule has 0 spiro atoms. The number of nitrogens with one attached hydrogen (secondary N) is 1. The van der Waals surface area contributed by atoms with Crippen molar-refractivity contribution in [3.8, 4) is 0 Å². The lowest BCUT2D eigenvalue weighted by molar-refractivity contribution is 0.100. The number of likely N-dealkylation sites (tertiary alicyclic amines) is 1. The van der Waals surface area contributed by atoms with Gasteiger partial charge in [0, 0.05) is 24.2 Å². The zero-order valence-corrected chi connectivity index (χ0v) is 12.9. The van der Waals surface area contributed by atoms with Crippen molar-refractivity contribution in [1.29, 1.82) is 0 Å². The summed E-state index contributed by atoms with van der Waals surface area (Å²) in [6.07, 6.45) is 1.05. The predicted octanol–water partition coefficient (Wildman–Crippen LogP) is 2.58. The molecular weight excluding hydrogens is 274 g/mol. The Morgan fingerprint density at radius 3 is 2.80 bits per heavy atom. The van der Waals surface area contributed by atoms with E-state index in [1.165, 1.54) is 0 Å². The van der Waals surface area contributed by atoms with Crippen LogP contribution in [0, 0.1) is 5.92 Å². The Morgan fingerprint density at radius 2 is 2.15 bits per heavy atom. The first-order valence-electron chi connectivity index (χ1n) is 6.94. The van der Waals surface area contributed by atoms with E-state index in [1.54, 1.807) is 18.2 Å². The van der Waals surface area contributed by atoms with Crippen LogP contribution in [0.2, 0.25) is 5.02 Å².